The van der Waals surface area contributed by atoms with Crippen molar-refractivity contribution >= 4 is 11.6 Å². The van der Waals surface area contributed by atoms with Crippen LogP contribution >= 0.6 is 0 Å². The van der Waals surface area contributed by atoms with Crippen molar-refractivity contribution < 1.29 is 14.3 Å². The van der Waals surface area contributed by atoms with E-state index in [0.29, 0.717) is 17.2 Å². The van der Waals surface area contributed by atoms with Crippen molar-refractivity contribution in [2.24, 2.45) is 0 Å². The number of rotatable bonds is 7. The standard InChI is InChI=1S/C23H26N4O3/c1-29-20-8-9-22(30-2)21(14-20)25-23(28)19(15-24)17-27-12-10-26(11-13-27)16-18-6-4-3-5-7-18/h3-9,14,17H,10-13,16H2,1-2H3,(H,25,28)/b19-17-. The van der Waals surface area contributed by atoms with E-state index in [4.69, 9.17) is 9.47 Å². The second-order valence-electron chi connectivity index (χ2n) is 6.97. The molecule has 0 atom stereocenters. The fourth-order valence-corrected chi connectivity index (χ4v) is 3.31. The van der Waals surface area contributed by atoms with Gasteiger partial charge in [0.1, 0.15) is 23.1 Å². The molecule has 0 unspecified atom stereocenters. The summed E-state index contributed by atoms with van der Waals surface area (Å²) in [6.45, 7) is 4.16. The Morgan fingerprint density at radius 3 is 2.47 bits per heavy atom. The number of amides is 1. The zero-order chi connectivity index (χ0) is 21.3. The molecule has 1 N–H and O–H groups in total. The highest BCUT2D eigenvalue weighted by molar-refractivity contribution is 6.07. The second kappa shape index (κ2) is 10.3. The van der Waals surface area contributed by atoms with Gasteiger partial charge in [-0.15, -0.1) is 0 Å². The van der Waals surface area contributed by atoms with Crippen LogP contribution in [-0.4, -0.2) is 56.1 Å². The Bertz CT molecular complexity index is 929. The molecule has 0 radical (unpaired) electrons. The molecule has 156 valence electrons. The minimum absolute atomic E-state index is 0.0522. The molecule has 0 spiro atoms. The number of methoxy groups -OCH3 is 2. The van der Waals surface area contributed by atoms with Crippen LogP contribution in [0.15, 0.2) is 60.3 Å². The smallest absolute Gasteiger partial charge is 0.267 e. The third-order valence-corrected chi connectivity index (χ3v) is 4.99. The summed E-state index contributed by atoms with van der Waals surface area (Å²) in [6, 6.07) is 17.5. The monoisotopic (exact) mass is 406 g/mol. The number of benzene rings is 2. The van der Waals surface area contributed by atoms with Crippen molar-refractivity contribution in [3.05, 3.63) is 65.9 Å². The van der Waals surface area contributed by atoms with E-state index in [2.05, 4.69) is 22.3 Å². The van der Waals surface area contributed by atoms with E-state index in [0.717, 1.165) is 32.7 Å². The molecule has 7 heteroatoms. The summed E-state index contributed by atoms with van der Waals surface area (Å²) in [5, 5.41) is 12.3. The quantitative estimate of drug-likeness (QED) is 0.563. The summed E-state index contributed by atoms with van der Waals surface area (Å²) in [5.41, 5.74) is 1.79. The van der Waals surface area contributed by atoms with Gasteiger partial charge in [0.15, 0.2) is 0 Å². The lowest BCUT2D eigenvalue weighted by Crippen LogP contribution is -2.43. The van der Waals surface area contributed by atoms with Crippen LogP contribution in [0.2, 0.25) is 0 Å². The van der Waals surface area contributed by atoms with Crippen LogP contribution < -0.4 is 14.8 Å². The van der Waals surface area contributed by atoms with Gasteiger partial charge in [-0.1, -0.05) is 30.3 Å². The van der Waals surface area contributed by atoms with Gasteiger partial charge >= 0.3 is 0 Å². The molecule has 1 saturated heterocycles. The van der Waals surface area contributed by atoms with E-state index in [1.807, 2.05) is 29.2 Å². The molecule has 3 rings (SSSR count). The highest BCUT2D eigenvalue weighted by Gasteiger charge is 2.18. The van der Waals surface area contributed by atoms with Gasteiger partial charge in [0.2, 0.25) is 0 Å². The second-order valence-corrected chi connectivity index (χ2v) is 6.97. The molecule has 1 aliphatic rings. The molecule has 1 amide bonds. The van der Waals surface area contributed by atoms with Crippen LogP contribution in [0, 0.1) is 11.3 Å². The summed E-state index contributed by atoms with van der Waals surface area (Å²) >= 11 is 0. The normalized spacial score (nSPS) is 14.7. The van der Waals surface area contributed by atoms with E-state index in [-0.39, 0.29) is 5.57 Å². The molecule has 0 bridgehead atoms. The Balaban J connectivity index is 1.61. The van der Waals surface area contributed by atoms with Gasteiger partial charge in [-0.25, -0.2) is 0 Å². The van der Waals surface area contributed by atoms with E-state index in [1.54, 1.807) is 31.5 Å². The number of carbonyl (C=O) groups excluding carboxylic acids is 1. The van der Waals surface area contributed by atoms with Crippen LogP contribution in [0.5, 0.6) is 11.5 Å². The maximum atomic E-state index is 12.7. The van der Waals surface area contributed by atoms with E-state index < -0.39 is 5.91 Å². The zero-order valence-corrected chi connectivity index (χ0v) is 17.3. The summed E-state index contributed by atoms with van der Waals surface area (Å²) in [5.74, 6) is 0.606. The SMILES string of the molecule is COc1ccc(OC)c(NC(=O)/C(C#N)=C\N2CCN(Cc3ccccc3)CC2)c1. The van der Waals surface area contributed by atoms with Gasteiger partial charge in [-0.05, 0) is 17.7 Å². The molecule has 7 nitrogen and oxygen atoms in total. The topological polar surface area (TPSA) is 77.8 Å². The molecule has 0 saturated carbocycles. The summed E-state index contributed by atoms with van der Waals surface area (Å²) in [4.78, 5) is 17.0. The molecule has 1 aliphatic heterocycles. The first-order valence-electron chi connectivity index (χ1n) is 9.78. The fraction of sp³-hybridized carbons (Fsp3) is 0.304. The first kappa shape index (κ1) is 21.2. The van der Waals surface area contributed by atoms with Crippen LogP contribution in [0.25, 0.3) is 0 Å². The number of nitrogens with zero attached hydrogens (tertiary/aromatic N) is 3. The van der Waals surface area contributed by atoms with E-state index in [1.165, 1.54) is 12.7 Å². The Morgan fingerprint density at radius 1 is 1.10 bits per heavy atom. The third-order valence-electron chi connectivity index (χ3n) is 4.99. The van der Waals surface area contributed by atoms with Crippen molar-refractivity contribution in [1.82, 2.24) is 9.80 Å². The molecular formula is C23H26N4O3. The maximum absolute atomic E-state index is 12.7. The molecule has 1 heterocycles. The number of hydrogen-bond acceptors (Lipinski definition) is 6. The van der Waals surface area contributed by atoms with Gasteiger partial charge in [-0.2, -0.15) is 5.26 Å². The first-order valence-corrected chi connectivity index (χ1v) is 9.78. The Kier molecular flexibility index (Phi) is 7.30. The summed E-state index contributed by atoms with van der Waals surface area (Å²) in [7, 11) is 3.07. The molecule has 0 aliphatic carbocycles. The highest BCUT2D eigenvalue weighted by atomic mass is 16.5. The maximum Gasteiger partial charge on any atom is 0.267 e. The number of anilines is 1. The lowest BCUT2D eigenvalue weighted by molar-refractivity contribution is -0.112. The minimum Gasteiger partial charge on any atom is -0.497 e. The van der Waals surface area contributed by atoms with E-state index >= 15 is 0 Å². The molecular weight excluding hydrogens is 380 g/mol. The van der Waals surface area contributed by atoms with Gasteiger partial charge in [0, 0.05) is 45.0 Å². The van der Waals surface area contributed by atoms with Crippen LogP contribution in [0.3, 0.4) is 0 Å². The van der Waals surface area contributed by atoms with Crippen molar-refractivity contribution in [1.29, 1.82) is 5.26 Å². The van der Waals surface area contributed by atoms with Gasteiger partial charge < -0.3 is 19.7 Å². The Morgan fingerprint density at radius 2 is 1.83 bits per heavy atom. The highest BCUT2D eigenvalue weighted by Crippen LogP contribution is 2.29. The fourth-order valence-electron chi connectivity index (χ4n) is 3.31. The zero-order valence-electron chi connectivity index (χ0n) is 17.3. The van der Waals surface area contributed by atoms with Crippen molar-refractivity contribution in [3.63, 3.8) is 0 Å². The number of nitriles is 1. The first-order chi connectivity index (χ1) is 14.6. The Hall–Kier alpha value is -3.50. The molecule has 30 heavy (non-hydrogen) atoms. The van der Waals surface area contributed by atoms with Crippen LogP contribution in [-0.2, 0) is 11.3 Å². The lowest BCUT2D eigenvalue weighted by atomic mass is 10.2. The summed E-state index contributed by atoms with van der Waals surface area (Å²) < 4.78 is 10.5. The van der Waals surface area contributed by atoms with Crippen molar-refractivity contribution in [3.8, 4) is 17.6 Å². The van der Waals surface area contributed by atoms with E-state index in [9.17, 15) is 10.1 Å². The number of carbonyl (C=O) groups is 1. The number of ether oxygens (including phenoxy) is 2. The predicted octanol–water partition coefficient (Wildman–Crippen LogP) is 2.87. The van der Waals surface area contributed by atoms with Gasteiger partial charge in [-0.3, -0.25) is 9.69 Å². The van der Waals surface area contributed by atoms with Crippen molar-refractivity contribution in [2.75, 3.05) is 45.7 Å². The third kappa shape index (κ3) is 5.52. The van der Waals surface area contributed by atoms with Gasteiger partial charge in [0.25, 0.3) is 5.91 Å². The molecule has 0 aromatic heterocycles. The predicted molar refractivity (Wildman–Crippen MR) is 115 cm³/mol. The number of hydrogen-bond donors (Lipinski definition) is 1. The Labute approximate surface area is 177 Å². The number of piperazine rings is 1. The van der Waals surface area contributed by atoms with Crippen LogP contribution in [0.1, 0.15) is 5.56 Å². The molecule has 1 fully saturated rings. The number of nitrogens with one attached hydrogen (secondary N) is 1. The average Bonchev–Trinajstić information content (AvgIpc) is 2.79. The van der Waals surface area contributed by atoms with Gasteiger partial charge in [0.05, 0.1) is 19.9 Å². The van der Waals surface area contributed by atoms with Crippen LogP contribution in [0.4, 0.5) is 5.69 Å². The molecule has 2 aromatic carbocycles. The average molecular weight is 406 g/mol. The largest absolute Gasteiger partial charge is 0.497 e. The lowest BCUT2D eigenvalue weighted by Gasteiger charge is -2.34. The summed E-state index contributed by atoms with van der Waals surface area (Å²) in [6.07, 6.45) is 1.64. The minimum atomic E-state index is -0.476. The molecule has 2 aromatic rings. The van der Waals surface area contributed by atoms with Crippen molar-refractivity contribution in [2.45, 2.75) is 6.54 Å².